The van der Waals surface area contributed by atoms with Gasteiger partial charge in [-0.2, -0.15) is 0 Å². The molecule has 136 valence electrons. The number of piperidine rings is 1. The van der Waals surface area contributed by atoms with Crippen LogP contribution in [0.25, 0.3) is 0 Å². The SMILES string of the molecule is CCn1c(Cn2ccnc2C)nnc1C1CCN(c2ccncc2)CC1. The molecule has 0 N–H and O–H groups in total. The lowest BCUT2D eigenvalue weighted by atomic mass is 9.95. The molecule has 3 aromatic heterocycles. The molecule has 0 radical (unpaired) electrons. The van der Waals surface area contributed by atoms with Crippen LogP contribution in [0.4, 0.5) is 5.69 Å². The zero-order valence-electron chi connectivity index (χ0n) is 15.4. The Morgan fingerprint density at radius 3 is 2.50 bits per heavy atom. The van der Waals surface area contributed by atoms with Crippen LogP contribution < -0.4 is 4.90 Å². The second kappa shape index (κ2) is 7.27. The summed E-state index contributed by atoms with van der Waals surface area (Å²) in [5, 5.41) is 9.07. The quantitative estimate of drug-likeness (QED) is 0.707. The Morgan fingerprint density at radius 1 is 1.08 bits per heavy atom. The Balaban J connectivity index is 1.48. The van der Waals surface area contributed by atoms with Crippen molar-refractivity contribution in [1.82, 2.24) is 29.3 Å². The van der Waals surface area contributed by atoms with Crippen LogP contribution in [0.2, 0.25) is 0 Å². The molecule has 0 aliphatic carbocycles. The Morgan fingerprint density at radius 2 is 1.85 bits per heavy atom. The molecule has 3 aromatic rings. The summed E-state index contributed by atoms with van der Waals surface area (Å²) >= 11 is 0. The first-order chi connectivity index (χ1) is 12.8. The molecular weight excluding hydrogens is 326 g/mol. The van der Waals surface area contributed by atoms with Crippen molar-refractivity contribution < 1.29 is 0 Å². The highest BCUT2D eigenvalue weighted by atomic mass is 15.3. The molecule has 0 atom stereocenters. The lowest BCUT2D eigenvalue weighted by molar-refractivity contribution is 0.463. The van der Waals surface area contributed by atoms with Gasteiger partial charge in [-0.1, -0.05) is 0 Å². The van der Waals surface area contributed by atoms with Crippen molar-refractivity contribution in [2.45, 2.75) is 45.7 Å². The minimum absolute atomic E-state index is 0.471. The van der Waals surface area contributed by atoms with Gasteiger partial charge in [0.2, 0.25) is 0 Å². The van der Waals surface area contributed by atoms with E-state index in [-0.39, 0.29) is 0 Å². The third kappa shape index (κ3) is 3.21. The molecule has 1 fully saturated rings. The molecule has 7 nitrogen and oxygen atoms in total. The number of hydrogen-bond acceptors (Lipinski definition) is 5. The fourth-order valence-corrected chi connectivity index (χ4v) is 3.79. The predicted molar refractivity (Wildman–Crippen MR) is 100 cm³/mol. The first kappa shape index (κ1) is 16.8. The number of nitrogens with zero attached hydrogens (tertiary/aromatic N) is 7. The van der Waals surface area contributed by atoms with E-state index in [9.17, 15) is 0 Å². The van der Waals surface area contributed by atoms with Gasteiger partial charge in [0.1, 0.15) is 11.6 Å². The maximum atomic E-state index is 4.57. The molecule has 0 spiro atoms. The summed E-state index contributed by atoms with van der Waals surface area (Å²) in [6.07, 6.45) is 9.75. The molecule has 0 unspecified atom stereocenters. The van der Waals surface area contributed by atoms with Gasteiger partial charge in [-0.3, -0.25) is 4.98 Å². The lowest BCUT2D eigenvalue weighted by Crippen LogP contribution is -2.33. The number of hydrogen-bond donors (Lipinski definition) is 0. The normalized spacial score (nSPS) is 15.5. The number of aromatic nitrogens is 6. The Labute approximate surface area is 153 Å². The van der Waals surface area contributed by atoms with Crippen LogP contribution in [0.15, 0.2) is 36.9 Å². The van der Waals surface area contributed by atoms with Crippen molar-refractivity contribution in [1.29, 1.82) is 0 Å². The highest BCUT2D eigenvalue weighted by Crippen LogP contribution is 2.29. The second-order valence-electron chi connectivity index (χ2n) is 6.79. The third-order valence-corrected chi connectivity index (χ3v) is 5.30. The van der Waals surface area contributed by atoms with Gasteiger partial charge in [-0.15, -0.1) is 10.2 Å². The number of pyridine rings is 1. The highest BCUT2D eigenvalue weighted by molar-refractivity contribution is 5.45. The molecule has 1 aliphatic heterocycles. The molecule has 0 bridgehead atoms. The van der Waals surface area contributed by atoms with E-state index in [1.54, 1.807) is 0 Å². The zero-order chi connectivity index (χ0) is 17.9. The molecule has 1 aliphatic rings. The average Bonchev–Trinajstić information content (AvgIpc) is 3.29. The van der Waals surface area contributed by atoms with E-state index >= 15 is 0 Å². The number of rotatable bonds is 5. The van der Waals surface area contributed by atoms with Crippen LogP contribution in [0.1, 0.15) is 43.2 Å². The largest absolute Gasteiger partial charge is 0.371 e. The second-order valence-corrected chi connectivity index (χ2v) is 6.79. The predicted octanol–water partition coefficient (Wildman–Crippen LogP) is 2.63. The molecule has 1 saturated heterocycles. The van der Waals surface area contributed by atoms with Crippen LogP contribution in [0.5, 0.6) is 0 Å². The van der Waals surface area contributed by atoms with Gasteiger partial charge in [-0.25, -0.2) is 4.98 Å². The van der Waals surface area contributed by atoms with Crippen LogP contribution >= 0.6 is 0 Å². The van der Waals surface area contributed by atoms with Gasteiger partial charge in [0.05, 0.1) is 6.54 Å². The van der Waals surface area contributed by atoms with E-state index in [2.05, 4.69) is 53.3 Å². The topological polar surface area (TPSA) is 64.7 Å². The minimum atomic E-state index is 0.471. The minimum Gasteiger partial charge on any atom is -0.371 e. The maximum absolute atomic E-state index is 4.57. The van der Waals surface area contributed by atoms with Gasteiger partial charge < -0.3 is 14.0 Å². The lowest BCUT2D eigenvalue weighted by Gasteiger charge is -2.33. The van der Waals surface area contributed by atoms with Crippen molar-refractivity contribution in [2.24, 2.45) is 0 Å². The average molecular weight is 351 g/mol. The number of aryl methyl sites for hydroxylation is 1. The van der Waals surface area contributed by atoms with Crippen LogP contribution in [-0.2, 0) is 13.1 Å². The Kier molecular flexibility index (Phi) is 4.69. The van der Waals surface area contributed by atoms with Gasteiger partial charge in [-0.05, 0) is 38.8 Å². The van der Waals surface area contributed by atoms with Gasteiger partial charge in [0, 0.05) is 56.0 Å². The monoisotopic (exact) mass is 351 g/mol. The first-order valence-electron chi connectivity index (χ1n) is 9.31. The van der Waals surface area contributed by atoms with Crippen LogP contribution in [0.3, 0.4) is 0 Å². The molecule has 4 heterocycles. The van der Waals surface area contributed by atoms with Crippen molar-refractivity contribution in [3.8, 4) is 0 Å². The summed E-state index contributed by atoms with van der Waals surface area (Å²) in [6.45, 7) is 7.90. The zero-order valence-corrected chi connectivity index (χ0v) is 15.4. The van der Waals surface area contributed by atoms with E-state index in [0.717, 1.165) is 56.5 Å². The first-order valence-corrected chi connectivity index (χ1v) is 9.31. The standard InChI is InChI=1S/C19H25N7/c1-3-26-18(14-25-13-10-21-15(25)2)22-23-19(26)16-6-11-24(12-7-16)17-4-8-20-9-5-17/h4-5,8-10,13,16H,3,6-7,11-12,14H2,1-2H3. The summed E-state index contributed by atoms with van der Waals surface area (Å²) in [7, 11) is 0. The number of anilines is 1. The third-order valence-electron chi connectivity index (χ3n) is 5.30. The van der Waals surface area contributed by atoms with Crippen molar-refractivity contribution >= 4 is 5.69 Å². The van der Waals surface area contributed by atoms with E-state index in [0.29, 0.717) is 5.92 Å². The molecule has 0 saturated carbocycles. The van der Waals surface area contributed by atoms with Crippen molar-refractivity contribution in [2.75, 3.05) is 18.0 Å². The van der Waals surface area contributed by atoms with Gasteiger partial charge in [0.15, 0.2) is 5.82 Å². The molecule has 4 rings (SSSR count). The number of imidazole rings is 1. The highest BCUT2D eigenvalue weighted by Gasteiger charge is 2.26. The van der Waals surface area contributed by atoms with E-state index in [1.807, 2.05) is 31.7 Å². The van der Waals surface area contributed by atoms with E-state index in [4.69, 9.17) is 0 Å². The maximum Gasteiger partial charge on any atom is 0.153 e. The fraction of sp³-hybridized carbons (Fsp3) is 0.474. The van der Waals surface area contributed by atoms with Crippen LogP contribution in [-0.4, -0.2) is 42.4 Å². The summed E-state index contributed by atoms with van der Waals surface area (Å²) in [5.74, 6) is 3.62. The summed E-state index contributed by atoms with van der Waals surface area (Å²) in [5.41, 5.74) is 1.26. The smallest absolute Gasteiger partial charge is 0.153 e. The van der Waals surface area contributed by atoms with Gasteiger partial charge >= 0.3 is 0 Å². The molecule has 0 amide bonds. The van der Waals surface area contributed by atoms with Crippen molar-refractivity contribution in [3.05, 3.63) is 54.4 Å². The van der Waals surface area contributed by atoms with Gasteiger partial charge in [0.25, 0.3) is 0 Å². The van der Waals surface area contributed by atoms with Crippen LogP contribution in [0, 0.1) is 6.92 Å². The molecule has 7 heteroatoms. The van der Waals surface area contributed by atoms with E-state index in [1.165, 1.54) is 5.69 Å². The molecule has 0 aromatic carbocycles. The molecule has 26 heavy (non-hydrogen) atoms. The summed E-state index contributed by atoms with van der Waals surface area (Å²) in [4.78, 5) is 10.8. The summed E-state index contributed by atoms with van der Waals surface area (Å²) < 4.78 is 4.40. The Hall–Kier alpha value is -2.70. The van der Waals surface area contributed by atoms with Crippen molar-refractivity contribution in [3.63, 3.8) is 0 Å². The fourth-order valence-electron chi connectivity index (χ4n) is 3.79. The Bertz CT molecular complexity index is 844. The van der Waals surface area contributed by atoms with E-state index < -0.39 is 0 Å². The summed E-state index contributed by atoms with van der Waals surface area (Å²) in [6, 6.07) is 4.17. The molecular formula is C19H25N7.